The van der Waals surface area contributed by atoms with Gasteiger partial charge in [-0.25, -0.2) is 0 Å². The predicted molar refractivity (Wildman–Crippen MR) is 23.1 cm³/mol. The van der Waals surface area contributed by atoms with Crippen molar-refractivity contribution < 1.29 is 48.4 Å². The van der Waals surface area contributed by atoms with E-state index in [4.69, 9.17) is 34.3 Å². The molecular weight excluding hydrogens is 224 g/mol. The molecule has 8 nitrogen and oxygen atoms in total. The molecule has 10 heavy (non-hydrogen) atoms. The predicted octanol–water partition coefficient (Wildman–Crippen LogP) is -2.88. The van der Waals surface area contributed by atoms with Crippen molar-refractivity contribution >= 4 is 10.4 Å². The van der Waals surface area contributed by atoms with E-state index in [2.05, 4.69) is 0 Å². The Labute approximate surface area is 59.5 Å². The summed E-state index contributed by atoms with van der Waals surface area (Å²) in [5, 5.41) is 0. The summed E-state index contributed by atoms with van der Waals surface area (Å²) in [6.45, 7) is 0. The van der Waals surface area contributed by atoms with E-state index in [9.17, 15) is 0 Å². The van der Waals surface area contributed by atoms with E-state index in [1.807, 2.05) is 0 Å². The molecule has 10 heteroatoms. The van der Waals surface area contributed by atoms with Gasteiger partial charge in [0.2, 0.25) is 0 Å². The summed E-state index contributed by atoms with van der Waals surface area (Å²) in [5.74, 6) is 0. The van der Waals surface area contributed by atoms with Crippen molar-refractivity contribution in [2.75, 3.05) is 0 Å². The fourth-order valence-corrected chi connectivity index (χ4v) is 0. The Kier molecular flexibility index (Phi) is 5.38. The van der Waals surface area contributed by atoms with Crippen LogP contribution in [0.15, 0.2) is 0 Å². The quantitative estimate of drug-likeness (QED) is 0.191. The van der Waals surface area contributed by atoms with Crippen molar-refractivity contribution in [2.45, 2.75) is 0 Å². The summed E-state index contributed by atoms with van der Waals surface area (Å²) in [4.78, 5) is 0. The van der Waals surface area contributed by atoms with Gasteiger partial charge in [0, 0.05) is 0 Å². The zero-order valence-corrected chi connectivity index (χ0v) is 5.97. The van der Waals surface area contributed by atoms with Gasteiger partial charge in [-0.2, -0.15) is 8.42 Å². The third-order valence-corrected chi connectivity index (χ3v) is 0. The number of rotatable bonds is 0. The van der Waals surface area contributed by atoms with Crippen LogP contribution in [0.2, 0.25) is 0 Å². The molecule has 0 aromatic heterocycles. The van der Waals surface area contributed by atoms with E-state index in [0.717, 1.165) is 0 Å². The first-order valence-corrected chi connectivity index (χ1v) is 4.32. The monoisotopic (exact) mass is 229 g/mol. The Morgan fingerprint density at radius 1 is 0.900 bits per heavy atom. The van der Waals surface area contributed by atoms with Crippen LogP contribution in [0.25, 0.3) is 0 Å². The Balaban J connectivity index is 0. The van der Waals surface area contributed by atoms with Gasteiger partial charge in [0.1, 0.15) is 0 Å². The molecule has 0 saturated heterocycles. The summed E-state index contributed by atoms with van der Waals surface area (Å²) in [7, 11) is -4.67. The molecule has 0 fully saturated rings. The molecule has 0 saturated carbocycles. The maximum absolute atomic E-state index is 8.74. The third kappa shape index (κ3) is 8170. The van der Waals surface area contributed by atoms with Crippen molar-refractivity contribution in [2.24, 2.45) is 0 Å². The maximum atomic E-state index is 8.74. The molecule has 0 spiro atoms. The Morgan fingerprint density at radius 2 is 0.900 bits per heavy atom. The van der Waals surface area contributed by atoms with Gasteiger partial charge in [-0.1, -0.05) is 0 Å². The summed E-state index contributed by atoms with van der Waals surface area (Å²) < 4.78 is 60.6. The molecule has 0 amide bonds. The molecule has 0 radical (unpaired) electrons. The standard InChI is InChI=1S/Cu.H2O4S.4H2O/c;1-5(2,3)4;;;;/h;(H2,1,2,3,4);4*1H2/q+4;;;;;/p-4. The molecule has 71 valence electrons. The van der Waals surface area contributed by atoms with Gasteiger partial charge in [0.05, 0.1) is 0 Å². The van der Waals surface area contributed by atoms with E-state index in [0.29, 0.717) is 0 Å². The van der Waals surface area contributed by atoms with Crippen molar-refractivity contribution in [3.05, 3.63) is 0 Å². The van der Waals surface area contributed by atoms with Gasteiger partial charge < -0.3 is 0 Å². The van der Waals surface area contributed by atoms with Gasteiger partial charge in [-0.05, 0) is 0 Å². The van der Waals surface area contributed by atoms with E-state index < -0.39 is 24.6 Å². The molecule has 0 unspecified atom stereocenters. The van der Waals surface area contributed by atoms with Gasteiger partial charge >= 0.3 is 41.3 Å². The van der Waals surface area contributed by atoms with E-state index >= 15 is 0 Å². The topological polar surface area (TPSA) is 156 Å². The average molecular weight is 230 g/mol. The van der Waals surface area contributed by atoms with Crippen LogP contribution in [0, 0.1) is 0 Å². The van der Waals surface area contributed by atoms with Crippen LogP contribution in [-0.2, 0) is 24.6 Å². The normalized spacial score (nSPS) is 13.4. The second kappa shape index (κ2) is 4.18. The zero-order valence-electron chi connectivity index (χ0n) is 4.21. The van der Waals surface area contributed by atoms with Gasteiger partial charge in [-0.15, -0.1) is 0 Å². The zero-order chi connectivity index (χ0) is 9.00. The van der Waals surface area contributed by atoms with Crippen LogP contribution in [0.4, 0.5) is 0 Å². The van der Waals surface area contributed by atoms with E-state index in [-0.39, 0.29) is 0 Å². The van der Waals surface area contributed by atoms with Crippen LogP contribution < -0.4 is 0 Å². The molecule has 0 atom stereocenters. The van der Waals surface area contributed by atoms with E-state index in [1.54, 1.807) is 0 Å². The fraction of sp³-hybridized carbons (Fsp3) is 0. The van der Waals surface area contributed by atoms with Crippen molar-refractivity contribution in [1.29, 1.82) is 0 Å². The number of hydrogen-bond donors (Lipinski definition) is 6. The minimum absolute atomic E-state index is 4.12. The SMILES string of the molecule is O=S(=O)(O)O.[OH][Cu]([OH])([OH])[OH]. The second-order valence-electron chi connectivity index (χ2n) is 0.810. The molecule has 0 aromatic rings. The van der Waals surface area contributed by atoms with Crippen molar-refractivity contribution in [3.63, 3.8) is 0 Å². The molecule has 0 bridgehead atoms. The van der Waals surface area contributed by atoms with Crippen LogP contribution >= 0.6 is 0 Å². The van der Waals surface area contributed by atoms with Crippen LogP contribution in [0.3, 0.4) is 0 Å². The number of hydrogen-bond acceptors (Lipinski definition) is 6. The van der Waals surface area contributed by atoms with Crippen molar-refractivity contribution in [1.82, 2.24) is 0 Å². The average Bonchev–Trinajstić information content (AvgIpc) is 1.12. The summed E-state index contributed by atoms with van der Waals surface area (Å²) in [6, 6.07) is 0. The third-order valence-electron chi connectivity index (χ3n) is 0. The molecule has 0 rings (SSSR count). The molecule has 6 N–H and O–H groups in total. The van der Waals surface area contributed by atoms with Crippen molar-refractivity contribution in [3.8, 4) is 0 Å². The molecule has 0 aliphatic rings. The van der Waals surface area contributed by atoms with Crippen LogP contribution in [0.1, 0.15) is 0 Å². The fourth-order valence-electron chi connectivity index (χ4n) is 0. The second-order valence-corrected chi connectivity index (χ2v) is 2.84. The van der Waals surface area contributed by atoms with E-state index in [1.165, 1.54) is 0 Å². The molecular formula is H6CuO8S. The van der Waals surface area contributed by atoms with Crippen LogP contribution in [-0.4, -0.2) is 34.3 Å². The molecule has 0 aromatic carbocycles. The molecule has 0 heterocycles. The first kappa shape index (κ1) is 12.9. The van der Waals surface area contributed by atoms with Crippen LogP contribution in [0.5, 0.6) is 0 Å². The first-order chi connectivity index (χ1) is 4.00. The summed E-state index contributed by atoms with van der Waals surface area (Å²) >= 11 is -4.12. The van der Waals surface area contributed by atoms with Gasteiger partial charge in [-0.3, -0.25) is 9.11 Å². The molecule has 0 aliphatic carbocycles. The Bertz CT molecular complexity index is 144. The molecule has 0 aliphatic heterocycles. The van der Waals surface area contributed by atoms with Gasteiger partial charge in [0.15, 0.2) is 0 Å². The Hall–Kier alpha value is 0.229. The Morgan fingerprint density at radius 3 is 0.900 bits per heavy atom. The minimum atomic E-state index is -4.67. The summed E-state index contributed by atoms with van der Waals surface area (Å²) in [6.07, 6.45) is 0. The van der Waals surface area contributed by atoms with Gasteiger partial charge in [0.25, 0.3) is 0 Å². The first-order valence-electron chi connectivity index (χ1n) is 1.24. The summed E-state index contributed by atoms with van der Waals surface area (Å²) in [5.41, 5.74) is 0.